The van der Waals surface area contributed by atoms with Gasteiger partial charge in [-0.15, -0.1) is 0 Å². The summed E-state index contributed by atoms with van der Waals surface area (Å²) in [5, 5.41) is 0. The lowest BCUT2D eigenvalue weighted by atomic mass is 10.1. The predicted molar refractivity (Wildman–Crippen MR) is 38.3 cm³/mol. The van der Waals surface area contributed by atoms with Crippen LogP contribution < -0.4 is 0 Å². The minimum Gasteiger partial charge on any atom is -0.258 e. The van der Waals surface area contributed by atoms with Gasteiger partial charge >= 0.3 is 0 Å². The zero-order valence-corrected chi connectivity index (χ0v) is 6.13. The summed E-state index contributed by atoms with van der Waals surface area (Å²) in [6.45, 7) is 4.06. The van der Waals surface area contributed by atoms with E-state index in [0.717, 1.165) is 5.69 Å². The summed E-state index contributed by atoms with van der Waals surface area (Å²) in [7, 11) is 0. The molecule has 1 aromatic heterocycles. The van der Waals surface area contributed by atoms with Crippen LogP contribution in [-0.2, 0) is 0 Å². The highest BCUT2D eigenvalue weighted by molar-refractivity contribution is 5.08. The second kappa shape index (κ2) is 2.78. The van der Waals surface area contributed by atoms with E-state index in [-0.39, 0.29) is 5.82 Å². The molecule has 0 amide bonds. The first-order chi connectivity index (χ1) is 4.70. The highest BCUT2D eigenvalue weighted by Crippen LogP contribution is 2.09. The minimum absolute atomic E-state index is 0.274. The maximum Gasteiger partial charge on any atom is 0.141 e. The second-order valence-electron chi connectivity index (χ2n) is 2.56. The molecule has 54 valence electrons. The van der Waals surface area contributed by atoms with Crippen molar-refractivity contribution in [2.24, 2.45) is 0 Å². The van der Waals surface area contributed by atoms with Gasteiger partial charge in [0.1, 0.15) is 5.82 Å². The van der Waals surface area contributed by atoms with Gasteiger partial charge in [0.2, 0.25) is 0 Å². The van der Waals surface area contributed by atoms with Crippen LogP contribution in [0.5, 0.6) is 0 Å². The summed E-state index contributed by atoms with van der Waals surface area (Å²) >= 11 is 0. The largest absolute Gasteiger partial charge is 0.258 e. The molecule has 10 heavy (non-hydrogen) atoms. The van der Waals surface area contributed by atoms with Gasteiger partial charge < -0.3 is 0 Å². The third-order valence-corrected chi connectivity index (χ3v) is 1.34. The Balaban J connectivity index is 2.89. The second-order valence-corrected chi connectivity index (χ2v) is 2.56. The van der Waals surface area contributed by atoms with E-state index in [9.17, 15) is 4.39 Å². The molecule has 1 nitrogen and oxygen atoms in total. The molecule has 0 aliphatic rings. The van der Waals surface area contributed by atoms with Gasteiger partial charge in [0, 0.05) is 5.69 Å². The van der Waals surface area contributed by atoms with Gasteiger partial charge in [-0.1, -0.05) is 13.8 Å². The summed E-state index contributed by atoms with van der Waals surface area (Å²) in [5.41, 5.74) is 0.932. The molecule has 0 aromatic carbocycles. The summed E-state index contributed by atoms with van der Waals surface area (Å²) in [6.07, 6.45) is 1.25. The quantitative estimate of drug-likeness (QED) is 0.582. The van der Waals surface area contributed by atoms with Gasteiger partial charge in [0.05, 0.1) is 6.20 Å². The van der Waals surface area contributed by atoms with Gasteiger partial charge in [0.25, 0.3) is 0 Å². The third-order valence-electron chi connectivity index (χ3n) is 1.34. The SMILES string of the molecule is CC(C)c1ccc(F)cn1. The number of nitrogens with zero attached hydrogens (tertiary/aromatic N) is 1. The first-order valence-electron chi connectivity index (χ1n) is 3.31. The Kier molecular flexibility index (Phi) is 2.00. The smallest absolute Gasteiger partial charge is 0.141 e. The normalized spacial score (nSPS) is 10.4. The highest BCUT2D eigenvalue weighted by atomic mass is 19.1. The molecule has 1 heterocycles. The Morgan fingerprint density at radius 3 is 2.50 bits per heavy atom. The number of hydrogen-bond acceptors (Lipinski definition) is 1. The number of hydrogen-bond donors (Lipinski definition) is 0. The van der Waals surface area contributed by atoms with E-state index in [4.69, 9.17) is 0 Å². The van der Waals surface area contributed by atoms with Crippen LogP contribution in [0.3, 0.4) is 0 Å². The number of pyridine rings is 1. The van der Waals surface area contributed by atoms with Crippen molar-refractivity contribution in [3.8, 4) is 0 Å². The highest BCUT2D eigenvalue weighted by Gasteiger charge is 1.98. The van der Waals surface area contributed by atoms with Crippen molar-refractivity contribution < 1.29 is 4.39 Å². The fourth-order valence-electron chi connectivity index (χ4n) is 0.729. The molecule has 0 saturated carbocycles. The van der Waals surface area contributed by atoms with Crippen LogP contribution in [0.2, 0.25) is 0 Å². The van der Waals surface area contributed by atoms with Gasteiger partial charge in [-0.3, -0.25) is 4.98 Å². The van der Waals surface area contributed by atoms with Crippen LogP contribution in [0.25, 0.3) is 0 Å². The molecule has 0 aliphatic carbocycles. The standard InChI is InChI=1S/C8H10FN/c1-6(2)8-4-3-7(9)5-10-8/h3-6H,1-2H3. The van der Waals surface area contributed by atoms with Crippen LogP contribution in [0.15, 0.2) is 18.3 Å². The molecule has 0 atom stereocenters. The van der Waals surface area contributed by atoms with Crippen LogP contribution in [0.1, 0.15) is 25.5 Å². The van der Waals surface area contributed by atoms with Gasteiger partial charge in [-0.05, 0) is 18.1 Å². The average Bonchev–Trinajstić information content (AvgIpc) is 1.88. The van der Waals surface area contributed by atoms with Crippen LogP contribution in [-0.4, -0.2) is 4.98 Å². The van der Waals surface area contributed by atoms with Crippen molar-refractivity contribution in [3.05, 3.63) is 29.8 Å². The maximum absolute atomic E-state index is 12.3. The molecule has 0 aliphatic heterocycles. The van der Waals surface area contributed by atoms with Crippen molar-refractivity contribution in [3.63, 3.8) is 0 Å². The van der Waals surface area contributed by atoms with Crippen molar-refractivity contribution in [2.45, 2.75) is 19.8 Å². The number of halogens is 1. The Morgan fingerprint density at radius 1 is 1.40 bits per heavy atom. The zero-order chi connectivity index (χ0) is 7.56. The Hall–Kier alpha value is -0.920. The number of aromatic nitrogens is 1. The van der Waals surface area contributed by atoms with E-state index >= 15 is 0 Å². The molecule has 0 bridgehead atoms. The summed E-state index contributed by atoms with van der Waals surface area (Å²) < 4.78 is 12.3. The van der Waals surface area contributed by atoms with E-state index < -0.39 is 0 Å². The molecule has 2 heteroatoms. The van der Waals surface area contributed by atoms with Crippen LogP contribution in [0.4, 0.5) is 4.39 Å². The molecule has 1 rings (SSSR count). The monoisotopic (exact) mass is 139 g/mol. The lowest BCUT2D eigenvalue weighted by Crippen LogP contribution is -1.91. The van der Waals surface area contributed by atoms with Crippen LogP contribution >= 0.6 is 0 Å². The Bertz CT molecular complexity index is 203. The molecule has 0 fully saturated rings. The molecular formula is C8H10FN. The van der Waals surface area contributed by atoms with Gasteiger partial charge in [-0.2, -0.15) is 0 Å². The van der Waals surface area contributed by atoms with Crippen molar-refractivity contribution in [1.82, 2.24) is 4.98 Å². The maximum atomic E-state index is 12.3. The fourth-order valence-corrected chi connectivity index (χ4v) is 0.729. The summed E-state index contributed by atoms with van der Waals surface area (Å²) in [5.74, 6) is 0.102. The molecule has 0 unspecified atom stereocenters. The van der Waals surface area contributed by atoms with Crippen molar-refractivity contribution in [2.75, 3.05) is 0 Å². The number of rotatable bonds is 1. The molecule has 0 radical (unpaired) electrons. The van der Waals surface area contributed by atoms with Crippen molar-refractivity contribution in [1.29, 1.82) is 0 Å². The minimum atomic E-state index is -0.274. The lowest BCUT2D eigenvalue weighted by molar-refractivity contribution is 0.617. The first kappa shape index (κ1) is 7.19. The molecule has 0 saturated heterocycles. The first-order valence-corrected chi connectivity index (χ1v) is 3.31. The Morgan fingerprint density at radius 2 is 2.10 bits per heavy atom. The average molecular weight is 139 g/mol. The fraction of sp³-hybridized carbons (Fsp3) is 0.375. The van der Waals surface area contributed by atoms with E-state index in [1.54, 1.807) is 6.07 Å². The van der Waals surface area contributed by atoms with E-state index in [0.29, 0.717) is 5.92 Å². The topological polar surface area (TPSA) is 12.9 Å². The third kappa shape index (κ3) is 1.53. The predicted octanol–water partition coefficient (Wildman–Crippen LogP) is 2.34. The van der Waals surface area contributed by atoms with Gasteiger partial charge in [-0.25, -0.2) is 4.39 Å². The van der Waals surface area contributed by atoms with Crippen molar-refractivity contribution >= 4 is 0 Å². The molecule has 0 spiro atoms. The molecular weight excluding hydrogens is 129 g/mol. The van der Waals surface area contributed by atoms with Crippen LogP contribution in [0, 0.1) is 5.82 Å². The lowest BCUT2D eigenvalue weighted by Gasteiger charge is -2.01. The van der Waals surface area contributed by atoms with Gasteiger partial charge in [0.15, 0.2) is 0 Å². The van der Waals surface area contributed by atoms with E-state index in [1.165, 1.54) is 12.3 Å². The summed E-state index contributed by atoms with van der Waals surface area (Å²) in [4.78, 5) is 3.90. The molecule has 0 N–H and O–H groups in total. The Labute approximate surface area is 59.9 Å². The summed E-state index contributed by atoms with van der Waals surface area (Å²) in [6, 6.07) is 3.14. The molecule has 1 aromatic rings. The van der Waals surface area contributed by atoms with E-state index in [1.807, 2.05) is 13.8 Å². The van der Waals surface area contributed by atoms with E-state index in [2.05, 4.69) is 4.98 Å². The zero-order valence-electron chi connectivity index (χ0n) is 6.13.